The van der Waals surface area contributed by atoms with E-state index in [1.807, 2.05) is 34.6 Å². The van der Waals surface area contributed by atoms with Crippen LogP contribution in [0.1, 0.15) is 48.0 Å². The Morgan fingerprint density at radius 1 is 1.21 bits per heavy atom. The summed E-state index contributed by atoms with van der Waals surface area (Å²) >= 11 is 0. The summed E-state index contributed by atoms with van der Waals surface area (Å²) in [5.41, 5.74) is -0.895. The summed E-state index contributed by atoms with van der Waals surface area (Å²) in [7, 11) is 0. The van der Waals surface area contributed by atoms with Crippen molar-refractivity contribution in [2.24, 2.45) is 16.1 Å². The van der Waals surface area contributed by atoms with Gasteiger partial charge in [0.1, 0.15) is 6.04 Å². The van der Waals surface area contributed by atoms with Gasteiger partial charge in [0.25, 0.3) is 0 Å². The monoisotopic (exact) mass is 268 g/mol. The minimum absolute atomic E-state index is 0.0205. The third-order valence-corrected chi connectivity index (χ3v) is 2.70. The second-order valence-electron chi connectivity index (χ2n) is 6.62. The van der Waals surface area contributed by atoms with E-state index in [1.54, 1.807) is 6.92 Å². The number of amides is 2. The number of carbonyl (C=O) groups is 2. The molecule has 0 aromatic rings. The molecule has 1 atom stereocenters. The Bertz CT molecular complexity index is 390. The molecule has 1 aliphatic heterocycles. The van der Waals surface area contributed by atoms with Crippen LogP contribution in [0.4, 0.5) is 0 Å². The number of carbonyl (C=O) groups excluding carboxylic acids is 2. The Hall–Kier alpha value is -1.46. The highest BCUT2D eigenvalue weighted by Crippen LogP contribution is 2.30. The van der Waals surface area contributed by atoms with Crippen molar-refractivity contribution >= 4 is 11.8 Å². The van der Waals surface area contributed by atoms with Crippen molar-refractivity contribution in [1.82, 2.24) is 10.6 Å². The highest BCUT2D eigenvalue weighted by atomic mass is 16.2. The lowest BCUT2D eigenvalue weighted by Crippen LogP contribution is -2.54. The molecule has 1 aliphatic rings. The Morgan fingerprint density at radius 3 is 2.11 bits per heavy atom. The van der Waals surface area contributed by atoms with Gasteiger partial charge in [-0.15, -0.1) is 0 Å². The molecule has 0 aliphatic carbocycles. The minimum Gasteiger partial charge on any atom is -0.350 e. The standard InChI is InChI=1S/C13H24N4O2/c1-8(2)10(11(19)15-12(3,4)5)14-9(18)7-13(6)16-17-13/h8,10H,7H2,1-6H3,(H,14,18)(H,15,19). The molecule has 108 valence electrons. The van der Waals surface area contributed by atoms with Crippen molar-refractivity contribution in [3.63, 3.8) is 0 Å². The number of hydrogen-bond donors (Lipinski definition) is 2. The van der Waals surface area contributed by atoms with E-state index >= 15 is 0 Å². The summed E-state index contributed by atoms with van der Waals surface area (Å²) in [5, 5.41) is 13.2. The fourth-order valence-corrected chi connectivity index (χ4v) is 1.67. The third-order valence-electron chi connectivity index (χ3n) is 2.70. The number of hydrogen-bond acceptors (Lipinski definition) is 4. The van der Waals surface area contributed by atoms with Crippen molar-refractivity contribution in [2.45, 2.75) is 65.2 Å². The van der Waals surface area contributed by atoms with Gasteiger partial charge in [0.2, 0.25) is 11.8 Å². The molecule has 0 saturated carbocycles. The minimum atomic E-state index is -0.577. The molecule has 2 amide bonds. The largest absolute Gasteiger partial charge is 0.350 e. The first kappa shape index (κ1) is 15.6. The topological polar surface area (TPSA) is 82.9 Å². The molecule has 19 heavy (non-hydrogen) atoms. The van der Waals surface area contributed by atoms with Crippen molar-refractivity contribution in [1.29, 1.82) is 0 Å². The lowest BCUT2D eigenvalue weighted by molar-refractivity contribution is -0.131. The normalized spacial score (nSPS) is 18.1. The lowest BCUT2D eigenvalue weighted by atomic mass is 10.0. The van der Waals surface area contributed by atoms with Crippen LogP contribution in [0.5, 0.6) is 0 Å². The van der Waals surface area contributed by atoms with Gasteiger partial charge in [-0.2, -0.15) is 10.2 Å². The number of rotatable bonds is 5. The van der Waals surface area contributed by atoms with Gasteiger partial charge in [-0.05, 0) is 33.6 Å². The fourth-order valence-electron chi connectivity index (χ4n) is 1.67. The van der Waals surface area contributed by atoms with Gasteiger partial charge in [0, 0.05) is 5.54 Å². The molecule has 0 bridgehead atoms. The van der Waals surface area contributed by atoms with Crippen LogP contribution in [0.3, 0.4) is 0 Å². The maximum Gasteiger partial charge on any atom is 0.243 e. The smallest absolute Gasteiger partial charge is 0.243 e. The first-order valence-electron chi connectivity index (χ1n) is 6.58. The molecule has 0 spiro atoms. The molecule has 6 nitrogen and oxygen atoms in total. The Labute approximate surface area is 114 Å². The molecule has 0 aromatic carbocycles. The SMILES string of the molecule is CC(C)C(NC(=O)CC1(C)N=N1)C(=O)NC(C)(C)C. The van der Waals surface area contributed by atoms with Crippen LogP contribution < -0.4 is 10.6 Å². The van der Waals surface area contributed by atoms with Gasteiger partial charge in [-0.25, -0.2) is 0 Å². The van der Waals surface area contributed by atoms with Gasteiger partial charge < -0.3 is 10.6 Å². The van der Waals surface area contributed by atoms with E-state index < -0.39 is 11.7 Å². The molecule has 0 saturated heterocycles. The van der Waals surface area contributed by atoms with E-state index in [4.69, 9.17) is 0 Å². The Morgan fingerprint density at radius 2 is 1.74 bits per heavy atom. The fraction of sp³-hybridized carbons (Fsp3) is 0.846. The first-order chi connectivity index (χ1) is 8.52. The number of nitrogens with one attached hydrogen (secondary N) is 2. The molecular formula is C13H24N4O2. The molecular weight excluding hydrogens is 244 g/mol. The van der Waals surface area contributed by atoms with Crippen LogP contribution in [-0.2, 0) is 9.59 Å². The summed E-state index contributed by atoms with van der Waals surface area (Å²) in [4.78, 5) is 24.0. The van der Waals surface area contributed by atoms with Crippen LogP contribution in [0.25, 0.3) is 0 Å². The van der Waals surface area contributed by atoms with Crippen molar-refractivity contribution in [3.8, 4) is 0 Å². The first-order valence-corrected chi connectivity index (χ1v) is 6.58. The molecule has 1 rings (SSSR count). The van der Waals surface area contributed by atoms with Crippen molar-refractivity contribution in [3.05, 3.63) is 0 Å². The van der Waals surface area contributed by atoms with Gasteiger partial charge in [-0.3, -0.25) is 9.59 Å². The predicted molar refractivity (Wildman–Crippen MR) is 72.5 cm³/mol. The van der Waals surface area contributed by atoms with E-state index in [2.05, 4.69) is 20.9 Å². The van der Waals surface area contributed by atoms with E-state index in [1.165, 1.54) is 0 Å². The number of nitrogens with zero attached hydrogens (tertiary/aromatic N) is 2. The average molecular weight is 268 g/mol. The van der Waals surface area contributed by atoms with Gasteiger partial charge >= 0.3 is 0 Å². The molecule has 1 unspecified atom stereocenters. The van der Waals surface area contributed by atoms with Crippen LogP contribution in [0, 0.1) is 5.92 Å². The zero-order valence-electron chi connectivity index (χ0n) is 12.6. The highest BCUT2D eigenvalue weighted by Gasteiger charge is 2.37. The van der Waals surface area contributed by atoms with Crippen LogP contribution in [0.2, 0.25) is 0 Å². The summed E-state index contributed by atoms with van der Waals surface area (Å²) in [6, 6.07) is -0.533. The Kier molecular flexibility index (Phi) is 4.32. The van der Waals surface area contributed by atoms with E-state index in [0.717, 1.165) is 0 Å². The summed E-state index contributed by atoms with van der Waals surface area (Å²) in [5.74, 6) is -0.340. The highest BCUT2D eigenvalue weighted by molar-refractivity contribution is 5.88. The van der Waals surface area contributed by atoms with Crippen LogP contribution in [-0.4, -0.2) is 29.1 Å². The zero-order chi connectivity index (χ0) is 14.8. The third kappa shape index (κ3) is 5.36. The maximum atomic E-state index is 12.1. The predicted octanol–water partition coefficient (Wildman–Crippen LogP) is 1.61. The molecule has 1 heterocycles. The van der Waals surface area contributed by atoms with Crippen molar-refractivity contribution < 1.29 is 9.59 Å². The van der Waals surface area contributed by atoms with Gasteiger partial charge in [0.05, 0.1) is 6.42 Å². The second-order valence-corrected chi connectivity index (χ2v) is 6.62. The van der Waals surface area contributed by atoms with E-state index in [-0.39, 0.29) is 29.7 Å². The lowest BCUT2D eigenvalue weighted by Gasteiger charge is -2.27. The maximum absolute atomic E-state index is 12.1. The van der Waals surface area contributed by atoms with Gasteiger partial charge in [-0.1, -0.05) is 13.8 Å². The molecule has 0 fully saturated rings. The summed E-state index contributed by atoms with van der Waals surface area (Å²) < 4.78 is 0. The van der Waals surface area contributed by atoms with Crippen LogP contribution >= 0.6 is 0 Å². The molecule has 2 N–H and O–H groups in total. The van der Waals surface area contributed by atoms with E-state index in [0.29, 0.717) is 0 Å². The quantitative estimate of drug-likeness (QED) is 0.794. The summed E-state index contributed by atoms with van der Waals surface area (Å²) in [6.45, 7) is 11.3. The average Bonchev–Trinajstić information content (AvgIpc) is 2.89. The summed E-state index contributed by atoms with van der Waals surface area (Å²) in [6.07, 6.45) is 0.193. The van der Waals surface area contributed by atoms with Crippen LogP contribution in [0.15, 0.2) is 10.2 Å². The second kappa shape index (κ2) is 5.27. The molecule has 6 heteroatoms. The van der Waals surface area contributed by atoms with Crippen molar-refractivity contribution in [2.75, 3.05) is 0 Å². The molecule has 0 aromatic heterocycles. The van der Waals surface area contributed by atoms with E-state index in [9.17, 15) is 9.59 Å². The zero-order valence-corrected chi connectivity index (χ0v) is 12.6. The molecule has 0 radical (unpaired) electrons. The van der Waals surface area contributed by atoms with Gasteiger partial charge in [0.15, 0.2) is 5.66 Å². The Balaban J connectivity index is 2.57.